The van der Waals surface area contributed by atoms with Crippen LogP contribution in [0.1, 0.15) is 19.3 Å². The number of nitrogens with one attached hydrogen (secondary N) is 1. The number of carbonyl (C=O) groups excluding carboxylic acids is 1. The van der Waals surface area contributed by atoms with E-state index in [1.165, 1.54) is 0 Å². The molecule has 0 aromatic carbocycles. The topological polar surface area (TPSA) is 84.1 Å². The van der Waals surface area contributed by atoms with Crippen molar-refractivity contribution < 1.29 is 4.79 Å². The SMILES string of the molecule is NC(CCCCNc1ncccn1)C(=O)N1C=CSC1. The first-order valence-corrected chi connectivity index (χ1v) is 7.67. The molecule has 0 fully saturated rings. The van der Waals surface area contributed by atoms with Crippen LogP contribution in [-0.4, -0.2) is 39.2 Å². The Morgan fingerprint density at radius 3 is 2.95 bits per heavy atom. The molecule has 20 heavy (non-hydrogen) atoms. The largest absolute Gasteiger partial charge is 0.354 e. The first-order chi connectivity index (χ1) is 9.77. The summed E-state index contributed by atoms with van der Waals surface area (Å²) in [5.74, 6) is 1.32. The summed E-state index contributed by atoms with van der Waals surface area (Å²) >= 11 is 1.60. The van der Waals surface area contributed by atoms with Gasteiger partial charge in [-0.15, -0.1) is 11.8 Å². The van der Waals surface area contributed by atoms with Gasteiger partial charge in [-0.2, -0.15) is 0 Å². The van der Waals surface area contributed by atoms with E-state index < -0.39 is 6.04 Å². The second-order valence-electron chi connectivity index (χ2n) is 4.49. The lowest BCUT2D eigenvalue weighted by Gasteiger charge is -2.18. The van der Waals surface area contributed by atoms with Crippen LogP contribution in [0.25, 0.3) is 0 Å². The van der Waals surface area contributed by atoms with Gasteiger partial charge in [0.15, 0.2) is 0 Å². The van der Waals surface area contributed by atoms with Crippen molar-refractivity contribution in [3.63, 3.8) is 0 Å². The monoisotopic (exact) mass is 293 g/mol. The third kappa shape index (κ3) is 4.50. The molecule has 1 aromatic heterocycles. The summed E-state index contributed by atoms with van der Waals surface area (Å²) in [5.41, 5.74) is 5.91. The van der Waals surface area contributed by atoms with E-state index in [4.69, 9.17) is 5.73 Å². The molecule has 7 heteroatoms. The van der Waals surface area contributed by atoms with Gasteiger partial charge in [0.1, 0.15) is 0 Å². The highest BCUT2D eigenvalue weighted by Gasteiger charge is 2.20. The lowest BCUT2D eigenvalue weighted by Crippen LogP contribution is -2.40. The minimum absolute atomic E-state index is 0.00519. The van der Waals surface area contributed by atoms with E-state index in [1.807, 2.05) is 5.41 Å². The third-order valence-electron chi connectivity index (χ3n) is 2.94. The number of nitrogens with two attached hydrogens (primary N) is 1. The maximum atomic E-state index is 11.9. The number of hydrogen-bond donors (Lipinski definition) is 2. The number of nitrogens with zero attached hydrogens (tertiary/aromatic N) is 3. The summed E-state index contributed by atoms with van der Waals surface area (Å²) in [4.78, 5) is 21.8. The molecule has 0 aliphatic carbocycles. The molecular weight excluding hydrogens is 274 g/mol. The average molecular weight is 293 g/mol. The highest BCUT2D eigenvalue weighted by Crippen LogP contribution is 2.16. The minimum atomic E-state index is -0.411. The van der Waals surface area contributed by atoms with E-state index in [0.717, 1.165) is 19.4 Å². The van der Waals surface area contributed by atoms with E-state index in [-0.39, 0.29) is 5.91 Å². The molecule has 1 aliphatic rings. The quantitative estimate of drug-likeness (QED) is 0.739. The molecule has 1 atom stereocenters. The van der Waals surface area contributed by atoms with Gasteiger partial charge in [0.05, 0.1) is 11.9 Å². The second-order valence-corrected chi connectivity index (χ2v) is 5.35. The highest BCUT2D eigenvalue weighted by atomic mass is 32.2. The number of anilines is 1. The first kappa shape index (κ1) is 14.8. The van der Waals surface area contributed by atoms with E-state index >= 15 is 0 Å². The zero-order chi connectivity index (χ0) is 14.2. The van der Waals surface area contributed by atoms with Crippen LogP contribution in [0.3, 0.4) is 0 Å². The second kappa shape index (κ2) is 7.86. The summed E-state index contributed by atoms with van der Waals surface area (Å²) in [5, 5.41) is 5.04. The number of hydrogen-bond acceptors (Lipinski definition) is 6. The van der Waals surface area contributed by atoms with Crippen molar-refractivity contribution in [3.05, 3.63) is 30.1 Å². The highest BCUT2D eigenvalue weighted by molar-refractivity contribution is 8.02. The molecule has 1 amide bonds. The fraction of sp³-hybridized carbons (Fsp3) is 0.462. The molecule has 0 saturated carbocycles. The van der Waals surface area contributed by atoms with Crippen molar-refractivity contribution in [2.45, 2.75) is 25.3 Å². The predicted molar refractivity (Wildman–Crippen MR) is 80.8 cm³/mol. The van der Waals surface area contributed by atoms with Gasteiger partial charge in [0.25, 0.3) is 0 Å². The molecule has 6 nitrogen and oxygen atoms in total. The van der Waals surface area contributed by atoms with Gasteiger partial charge in [0.2, 0.25) is 11.9 Å². The number of amides is 1. The molecule has 108 valence electrons. The van der Waals surface area contributed by atoms with Crippen LogP contribution in [-0.2, 0) is 4.79 Å². The summed E-state index contributed by atoms with van der Waals surface area (Å²) in [6, 6.07) is 1.37. The molecule has 0 bridgehead atoms. The van der Waals surface area contributed by atoms with Crippen molar-refractivity contribution in [2.24, 2.45) is 5.73 Å². The van der Waals surface area contributed by atoms with E-state index in [9.17, 15) is 4.79 Å². The van der Waals surface area contributed by atoms with Gasteiger partial charge in [-0.25, -0.2) is 9.97 Å². The Hall–Kier alpha value is -1.60. The van der Waals surface area contributed by atoms with E-state index in [0.29, 0.717) is 18.2 Å². The summed E-state index contributed by atoms with van der Waals surface area (Å²) in [6.07, 6.45) is 7.73. The Balaban J connectivity index is 1.58. The van der Waals surface area contributed by atoms with Crippen LogP contribution in [0, 0.1) is 0 Å². The lowest BCUT2D eigenvalue weighted by atomic mass is 10.1. The Labute approximate surface area is 122 Å². The molecule has 0 saturated heterocycles. The molecule has 0 radical (unpaired) electrons. The van der Waals surface area contributed by atoms with Gasteiger partial charge in [-0.3, -0.25) is 4.79 Å². The minimum Gasteiger partial charge on any atom is -0.354 e. The number of rotatable bonds is 7. The zero-order valence-corrected chi connectivity index (χ0v) is 12.1. The van der Waals surface area contributed by atoms with Gasteiger partial charge in [-0.1, -0.05) is 0 Å². The summed E-state index contributed by atoms with van der Waals surface area (Å²) in [7, 11) is 0. The molecule has 2 heterocycles. The lowest BCUT2D eigenvalue weighted by molar-refractivity contribution is -0.129. The van der Waals surface area contributed by atoms with E-state index in [2.05, 4.69) is 15.3 Å². The molecule has 2 rings (SSSR count). The molecule has 1 aromatic rings. The van der Waals surface area contributed by atoms with Crippen molar-refractivity contribution in [2.75, 3.05) is 17.7 Å². The number of aromatic nitrogens is 2. The van der Waals surface area contributed by atoms with Gasteiger partial charge in [0, 0.05) is 25.1 Å². The standard InChI is InChI=1S/C13H19N5OS/c14-11(12(19)18-8-9-20-10-18)4-1-2-5-15-13-16-6-3-7-17-13/h3,6-9,11H,1-2,4-5,10,14H2,(H,15,16,17). The van der Waals surface area contributed by atoms with Crippen molar-refractivity contribution in [1.29, 1.82) is 0 Å². The van der Waals surface area contributed by atoms with Crippen molar-refractivity contribution in [3.8, 4) is 0 Å². The average Bonchev–Trinajstić information content (AvgIpc) is 3.01. The fourth-order valence-corrected chi connectivity index (χ4v) is 2.53. The van der Waals surface area contributed by atoms with Gasteiger partial charge in [-0.05, 0) is 30.7 Å². The number of unbranched alkanes of at least 4 members (excludes halogenated alkanes) is 1. The maximum absolute atomic E-state index is 11.9. The normalized spacial score (nSPS) is 15.3. The molecule has 1 aliphatic heterocycles. The fourth-order valence-electron chi connectivity index (χ4n) is 1.84. The smallest absolute Gasteiger partial charge is 0.244 e. The van der Waals surface area contributed by atoms with Crippen molar-refractivity contribution >= 4 is 23.6 Å². The Morgan fingerprint density at radius 1 is 1.45 bits per heavy atom. The molecule has 0 spiro atoms. The molecular formula is C13H19N5OS. The summed E-state index contributed by atoms with van der Waals surface area (Å²) in [6.45, 7) is 0.782. The Kier molecular flexibility index (Phi) is 5.82. The predicted octanol–water partition coefficient (Wildman–Crippen LogP) is 1.39. The van der Waals surface area contributed by atoms with Crippen LogP contribution in [0.4, 0.5) is 5.95 Å². The Morgan fingerprint density at radius 2 is 2.25 bits per heavy atom. The summed E-state index contributed by atoms with van der Waals surface area (Å²) < 4.78 is 0. The van der Waals surface area contributed by atoms with Crippen LogP contribution >= 0.6 is 11.8 Å². The number of thioether (sulfide) groups is 1. The first-order valence-electron chi connectivity index (χ1n) is 6.62. The van der Waals surface area contributed by atoms with E-state index in [1.54, 1.807) is 41.3 Å². The van der Waals surface area contributed by atoms with Gasteiger partial charge < -0.3 is 16.0 Å². The van der Waals surface area contributed by atoms with Crippen LogP contribution in [0.5, 0.6) is 0 Å². The Bertz CT molecular complexity index is 453. The van der Waals surface area contributed by atoms with Crippen LogP contribution < -0.4 is 11.1 Å². The molecule has 3 N–H and O–H groups in total. The van der Waals surface area contributed by atoms with Crippen LogP contribution in [0.15, 0.2) is 30.1 Å². The van der Waals surface area contributed by atoms with Gasteiger partial charge >= 0.3 is 0 Å². The third-order valence-corrected chi connectivity index (χ3v) is 3.68. The number of carbonyl (C=O) groups is 1. The molecule has 1 unspecified atom stereocenters. The zero-order valence-electron chi connectivity index (χ0n) is 11.2. The van der Waals surface area contributed by atoms with Crippen LogP contribution in [0.2, 0.25) is 0 Å². The van der Waals surface area contributed by atoms with Crippen molar-refractivity contribution in [1.82, 2.24) is 14.9 Å². The maximum Gasteiger partial charge on any atom is 0.244 e.